The van der Waals surface area contributed by atoms with Crippen LogP contribution in [0, 0.1) is 0 Å². The van der Waals surface area contributed by atoms with Crippen molar-refractivity contribution < 1.29 is 4.79 Å². The molecule has 0 unspecified atom stereocenters. The van der Waals surface area contributed by atoms with Crippen LogP contribution in [0.5, 0.6) is 0 Å². The van der Waals surface area contributed by atoms with Gasteiger partial charge in [0.1, 0.15) is 5.65 Å². The SMILES string of the molecule is C=CC(=O)n1c(=O)[nH]c2[nH]c(=O)[nH]c2c1=O. The number of allylic oxidation sites excluding steroid dienone is 1. The van der Waals surface area contributed by atoms with Crippen molar-refractivity contribution >= 4 is 17.1 Å². The molecule has 0 saturated carbocycles. The molecule has 8 nitrogen and oxygen atoms in total. The van der Waals surface area contributed by atoms with Crippen molar-refractivity contribution in [2.75, 3.05) is 0 Å². The van der Waals surface area contributed by atoms with Crippen LogP contribution >= 0.6 is 0 Å². The number of hydrogen-bond acceptors (Lipinski definition) is 4. The van der Waals surface area contributed by atoms with Crippen LogP contribution in [0.4, 0.5) is 0 Å². The fourth-order valence-electron chi connectivity index (χ4n) is 1.30. The third kappa shape index (κ3) is 1.24. The largest absolute Gasteiger partial charge is 0.337 e. The second-order valence-electron chi connectivity index (χ2n) is 2.94. The van der Waals surface area contributed by atoms with Crippen molar-refractivity contribution in [3.63, 3.8) is 0 Å². The van der Waals surface area contributed by atoms with Gasteiger partial charge in [-0.1, -0.05) is 6.58 Å². The number of aromatic amines is 3. The monoisotopic (exact) mass is 222 g/mol. The first-order valence-electron chi connectivity index (χ1n) is 4.18. The van der Waals surface area contributed by atoms with Gasteiger partial charge in [0.2, 0.25) is 0 Å². The van der Waals surface area contributed by atoms with Crippen molar-refractivity contribution in [2.45, 2.75) is 0 Å². The first kappa shape index (κ1) is 9.90. The van der Waals surface area contributed by atoms with Gasteiger partial charge >= 0.3 is 11.4 Å². The molecule has 0 fully saturated rings. The number of carbonyl (C=O) groups excluding carboxylic acids is 1. The molecule has 16 heavy (non-hydrogen) atoms. The Bertz CT molecular complexity index is 757. The lowest BCUT2D eigenvalue weighted by Gasteiger charge is -1.97. The first-order chi connectivity index (χ1) is 7.54. The van der Waals surface area contributed by atoms with Crippen LogP contribution in [0.2, 0.25) is 0 Å². The highest BCUT2D eigenvalue weighted by atomic mass is 16.2. The molecule has 0 bridgehead atoms. The molecule has 0 amide bonds. The molecule has 82 valence electrons. The molecule has 0 aliphatic carbocycles. The highest BCUT2D eigenvalue weighted by Crippen LogP contribution is 1.91. The quantitative estimate of drug-likeness (QED) is 0.510. The van der Waals surface area contributed by atoms with E-state index in [-0.39, 0.29) is 11.2 Å². The van der Waals surface area contributed by atoms with Crippen molar-refractivity contribution in [1.82, 2.24) is 19.5 Å². The maximum atomic E-state index is 11.6. The summed E-state index contributed by atoms with van der Waals surface area (Å²) < 4.78 is 0.346. The Labute approximate surface area is 86.2 Å². The highest BCUT2D eigenvalue weighted by Gasteiger charge is 2.13. The third-order valence-corrected chi connectivity index (χ3v) is 1.97. The molecule has 0 saturated heterocycles. The molecular formula is C8H6N4O4. The molecular weight excluding hydrogens is 216 g/mol. The minimum absolute atomic E-state index is 0.0480. The zero-order chi connectivity index (χ0) is 11.9. The Balaban J connectivity index is 3.02. The fraction of sp³-hybridized carbons (Fsp3) is 0. The van der Waals surface area contributed by atoms with Gasteiger partial charge in [0.05, 0.1) is 0 Å². The normalized spacial score (nSPS) is 10.5. The number of fused-ring (bicyclic) bond motifs is 1. The summed E-state index contributed by atoms with van der Waals surface area (Å²) >= 11 is 0. The van der Waals surface area contributed by atoms with Crippen LogP contribution in [0.25, 0.3) is 11.2 Å². The zero-order valence-corrected chi connectivity index (χ0v) is 7.86. The molecule has 0 atom stereocenters. The Hall–Kier alpha value is -2.64. The molecule has 8 heteroatoms. The van der Waals surface area contributed by atoms with Gasteiger partial charge in [-0.3, -0.25) is 24.5 Å². The highest BCUT2D eigenvalue weighted by molar-refractivity contribution is 5.90. The summed E-state index contributed by atoms with van der Waals surface area (Å²) in [5.41, 5.74) is -2.70. The number of rotatable bonds is 1. The van der Waals surface area contributed by atoms with Gasteiger partial charge in [-0.25, -0.2) is 9.59 Å². The van der Waals surface area contributed by atoms with Gasteiger partial charge in [0, 0.05) is 0 Å². The van der Waals surface area contributed by atoms with E-state index in [9.17, 15) is 19.2 Å². The summed E-state index contributed by atoms with van der Waals surface area (Å²) in [6, 6.07) is 0. The Morgan fingerprint density at radius 2 is 1.88 bits per heavy atom. The average Bonchev–Trinajstić information content (AvgIpc) is 2.58. The van der Waals surface area contributed by atoms with Gasteiger partial charge in [0.15, 0.2) is 5.52 Å². The van der Waals surface area contributed by atoms with Crippen molar-refractivity contribution in [2.24, 2.45) is 0 Å². The predicted molar refractivity (Wildman–Crippen MR) is 54.6 cm³/mol. The lowest BCUT2D eigenvalue weighted by atomic mass is 10.5. The molecule has 0 radical (unpaired) electrons. The lowest BCUT2D eigenvalue weighted by molar-refractivity contribution is 0.0960. The van der Waals surface area contributed by atoms with Crippen LogP contribution < -0.4 is 16.9 Å². The number of imidazole rings is 1. The van der Waals surface area contributed by atoms with E-state index in [0.717, 1.165) is 6.08 Å². The molecule has 2 rings (SSSR count). The van der Waals surface area contributed by atoms with Crippen molar-refractivity contribution in [1.29, 1.82) is 0 Å². The van der Waals surface area contributed by atoms with E-state index in [4.69, 9.17) is 0 Å². The zero-order valence-electron chi connectivity index (χ0n) is 7.86. The van der Waals surface area contributed by atoms with Crippen LogP contribution in [-0.2, 0) is 0 Å². The maximum Gasteiger partial charge on any atom is 0.337 e. The molecule has 0 aromatic carbocycles. The predicted octanol–water partition coefficient (Wildman–Crippen LogP) is -1.47. The Morgan fingerprint density at radius 1 is 1.19 bits per heavy atom. The number of hydrogen-bond donors (Lipinski definition) is 3. The lowest BCUT2D eigenvalue weighted by Crippen LogP contribution is -2.38. The second-order valence-corrected chi connectivity index (χ2v) is 2.94. The maximum absolute atomic E-state index is 11.6. The van der Waals surface area contributed by atoms with E-state index in [0.29, 0.717) is 4.57 Å². The number of aromatic nitrogens is 4. The molecule has 2 aromatic rings. The van der Waals surface area contributed by atoms with Crippen molar-refractivity contribution in [3.05, 3.63) is 44.0 Å². The molecule has 2 aromatic heterocycles. The molecule has 0 spiro atoms. The number of nitrogens with zero attached hydrogens (tertiary/aromatic N) is 1. The van der Waals surface area contributed by atoms with Gasteiger partial charge in [-0.2, -0.15) is 4.57 Å². The van der Waals surface area contributed by atoms with E-state index >= 15 is 0 Å². The number of nitrogens with one attached hydrogen (secondary N) is 3. The molecule has 2 heterocycles. The van der Waals surface area contributed by atoms with E-state index < -0.39 is 22.8 Å². The second kappa shape index (κ2) is 3.19. The average molecular weight is 222 g/mol. The van der Waals surface area contributed by atoms with E-state index in [1.54, 1.807) is 0 Å². The van der Waals surface area contributed by atoms with E-state index in [1.165, 1.54) is 0 Å². The summed E-state index contributed by atoms with van der Waals surface area (Å²) in [5.74, 6) is -0.866. The van der Waals surface area contributed by atoms with Crippen LogP contribution in [0.3, 0.4) is 0 Å². The van der Waals surface area contributed by atoms with Crippen LogP contribution in [0.15, 0.2) is 27.0 Å². The molecule has 0 aliphatic rings. The van der Waals surface area contributed by atoms with E-state index in [1.807, 2.05) is 0 Å². The van der Waals surface area contributed by atoms with E-state index in [2.05, 4.69) is 21.5 Å². The van der Waals surface area contributed by atoms with Gasteiger partial charge < -0.3 is 0 Å². The topological polar surface area (TPSA) is 121 Å². The fourth-order valence-corrected chi connectivity index (χ4v) is 1.30. The van der Waals surface area contributed by atoms with Gasteiger partial charge in [-0.15, -0.1) is 0 Å². The summed E-state index contributed by atoms with van der Waals surface area (Å²) in [7, 11) is 0. The Morgan fingerprint density at radius 3 is 2.50 bits per heavy atom. The minimum Gasteiger partial charge on any atom is -0.300 e. The number of H-pyrrole nitrogens is 3. The first-order valence-corrected chi connectivity index (χ1v) is 4.18. The summed E-state index contributed by atoms with van der Waals surface area (Å²) in [4.78, 5) is 51.7. The third-order valence-electron chi connectivity index (χ3n) is 1.97. The summed E-state index contributed by atoms with van der Waals surface area (Å²) in [6.07, 6.45) is 0.827. The van der Waals surface area contributed by atoms with Gasteiger partial charge in [-0.05, 0) is 6.08 Å². The van der Waals surface area contributed by atoms with Crippen molar-refractivity contribution in [3.8, 4) is 0 Å². The van der Waals surface area contributed by atoms with Gasteiger partial charge in [0.25, 0.3) is 11.5 Å². The molecule has 3 N–H and O–H groups in total. The summed E-state index contributed by atoms with van der Waals surface area (Å²) in [6.45, 7) is 3.16. The van der Waals surface area contributed by atoms with Crippen LogP contribution in [-0.4, -0.2) is 25.4 Å². The van der Waals surface area contributed by atoms with Crippen LogP contribution in [0.1, 0.15) is 4.79 Å². The number of carbonyl (C=O) groups is 1. The Kier molecular flexibility index (Phi) is 1.97. The summed E-state index contributed by atoms with van der Waals surface area (Å²) in [5, 5.41) is 0. The minimum atomic E-state index is -0.933. The molecule has 0 aliphatic heterocycles. The standard InChI is InChI=1S/C8H6N4O4/c1-2-3(13)12-6(14)4-5(11-8(12)16)10-7(15)9-4/h2H,1H2,(H,11,16)(H2,9,10,15). The smallest absolute Gasteiger partial charge is 0.300 e.